The van der Waals surface area contributed by atoms with Crippen LogP contribution in [0.4, 0.5) is 14.6 Å². The van der Waals surface area contributed by atoms with Crippen molar-refractivity contribution < 1.29 is 23.0 Å². The molecule has 1 atom stereocenters. The van der Waals surface area contributed by atoms with E-state index in [0.29, 0.717) is 60.8 Å². The Bertz CT molecular complexity index is 1170. The fourth-order valence-electron chi connectivity index (χ4n) is 3.82. The number of nitrogens with zero attached hydrogens (tertiary/aromatic N) is 3. The topological polar surface area (TPSA) is 76.6 Å². The highest BCUT2D eigenvalue weighted by Gasteiger charge is 2.20. The quantitative estimate of drug-likeness (QED) is 0.492. The van der Waals surface area contributed by atoms with E-state index in [1.807, 2.05) is 0 Å². The number of carbonyl (C=O) groups excluding carboxylic acids is 1. The summed E-state index contributed by atoms with van der Waals surface area (Å²) in [5.74, 6) is -1.27. The predicted octanol–water partition coefficient (Wildman–Crippen LogP) is 4.41. The lowest BCUT2D eigenvalue weighted by Gasteiger charge is -2.28. The van der Waals surface area contributed by atoms with Crippen LogP contribution in [0, 0.1) is 11.6 Å². The molecule has 1 saturated heterocycles. The van der Waals surface area contributed by atoms with E-state index in [0.717, 1.165) is 25.0 Å². The Morgan fingerprint density at radius 1 is 1.21 bits per heavy atom. The van der Waals surface area contributed by atoms with Crippen LogP contribution < -0.4 is 15.0 Å². The summed E-state index contributed by atoms with van der Waals surface area (Å²) in [5, 5.41) is 2.92. The van der Waals surface area contributed by atoms with Gasteiger partial charge in [0.25, 0.3) is 5.91 Å². The minimum Gasteiger partial charge on any atom is -0.486 e. The molecule has 34 heavy (non-hydrogen) atoms. The van der Waals surface area contributed by atoms with Crippen molar-refractivity contribution in [1.82, 2.24) is 15.3 Å². The maximum Gasteiger partial charge on any atom is 0.251 e. The van der Waals surface area contributed by atoms with E-state index in [2.05, 4.69) is 22.1 Å². The van der Waals surface area contributed by atoms with E-state index in [4.69, 9.17) is 14.5 Å². The van der Waals surface area contributed by atoms with Gasteiger partial charge >= 0.3 is 0 Å². The highest BCUT2D eigenvalue weighted by molar-refractivity contribution is 5.98. The molecule has 1 N–H and O–H groups in total. The van der Waals surface area contributed by atoms with E-state index in [1.165, 1.54) is 6.07 Å². The molecular formula is C25H28F2N4O3. The molecule has 3 aromatic rings. The van der Waals surface area contributed by atoms with Gasteiger partial charge in [-0.15, -0.1) is 0 Å². The minimum atomic E-state index is -0.993. The SMILES string of the molecule is CCCCNC(=O)c1cc(C(C)Oc2ccc(F)c(F)c2)c2nc(N3CCOCC3)cnc2c1. The van der Waals surface area contributed by atoms with Gasteiger partial charge in [0.2, 0.25) is 0 Å². The van der Waals surface area contributed by atoms with Gasteiger partial charge in [-0.25, -0.2) is 13.8 Å². The molecule has 2 heterocycles. The van der Waals surface area contributed by atoms with Crippen LogP contribution in [0.25, 0.3) is 11.0 Å². The van der Waals surface area contributed by atoms with Gasteiger partial charge in [0.15, 0.2) is 11.6 Å². The molecule has 1 aliphatic rings. The van der Waals surface area contributed by atoms with Gasteiger partial charge in [-0.3, -0.25) is 9.78 Å². The number of halogens is 2. The number of hydrogen-bond donors (Lipinski definition) is 1. The number of unbranched alkanes of at least 4 members (excludes halogenated alkanes) is 1. The average molecular weight is 471 g/mol. The van der Waals surface area contributed by atoms with E-state index in [9.17, 15) is 13.6 Å². The second-order valence-electron chi connectivity index (χ2n) is 8.21. The molecule has 0 saturated carbocycles. The molecule has 0 radical (unpaired) electrons. The number of morpholine rings is 1. The maximum atomic E-state index is 13.7. The molecule has 1 unspecified atom stereocenters. The van der Waals surface area contributed by atoms with E-state index < -0.39 is 17.7 Å². The van der Waals surface area contributed by atoms with Crippen molar-refractivity contribution in [3.8, 4) is 5.75 Å². The maximum absolute atomic E-state index is 13.7. The summed E-state index contributed by atoms with van der Waals surface area (Å²) in [5.41, 5.74) is 2.21. The Labute approximate surface area is 197 Å². The first-order valence-electron chi connectivity index (χ1n) is 11.5. The van der Waals surface area contributed by atoms with Crippen LogP contribution in [-0.4, -0.2) is 48.7 Å². The Balaban J connectivity index is 1.72. The number of hydrogen-bond acceptors (Lipinski definition) is 6. The predicted molar refractivity (Wildman–Crippen MR) is 125 cm³/mol. The van der Waals surface area contributed by atoms with Crippen LogP contribution >= 0.6 is 0 Å². The monoisotopic (exact) mass is 470 g/mol. The Hall–Kier alpha value is -3.33. The van der Waals surface area contributed by atoms with Crippen LogP contribution in [-0.2, 0) is 4.74 Å². The normalized spacial score (nSPS) is 14.8. The largest absolute Gasteiger partial charge is 0.486 e. The lowest BCUT2D eigenvalue weighted by Crippen LogP contribution is -2.36. The number of benzene rings is 2. The van der Waals surface area contributed by atoms with Crippen molar-refractivity contribution in [2.45, 2.75) is 32.8 Å². The van der Waals surface area contributed by atoms with E-state index >= 15 is 0 Å². The molecule has 2 aromatic carbocycles. The third-order valence-electron chi connectivity index (χ3n) is 5.72. The fraction of sp³-hybridized carbons (Fsp3) is 0.400. The van der Waals surface area contributed by atoms with Crippen molar-refractivity contribution in [2.75, 3.05) is 37.7 Å². The van der Waals surface area contributed by atoms with Gasteiger partial charge in [0, 0.05) is 36.8 Å². The van der Waals surface area contributed by atoms with Crippen molar-refractivity contribution in [2.24, 2.45) is 0 Å². The summed E-state index contributed by atoms with van der Waals surface area (Å²) < 4.78 is 38.4. The summed E-state index contributed by atoms with van der Waals surface area (Å²) in [4.78, 5) is 24.3. The molecule has 1 aliphatic heterocycles. The van der Waals surface area contributed by atoms with Gasteiger partial charge in [-0.1, -0.05) is 13.3 Å². The van der Waals surface area contributed by atoms with Crippen LogP contribution in [0.15, 0.2) is 36.5 Å². The Morgan fingerprint density at radius 2 is 2.00 bits per heavy atom. The van der Waals surface area contributed by atoms with E-state index in [-0.39, 0.29) is 11.7 Å². The van der Waals surface area contributed by atoms with E-state index in [1.54, 1.807) is 25.3 Å². The number of anilines is 1. The summed E-state index contributed by atoms with van der Waals surface area (Å²) in [6.45, 7) is 7.03. The second kappa shape index (κ2) is 10.7. The first-order chi connectivity index (χ1) is 16.5. The first-order valence-corrected chi connectivity index (χ1v) is 11.5. The van der Waals surface area contributed by atoms with Crippen molar-refractivity contribution in [3.63, 3.8) is 0 Å². The zero-order valence-corrected chi connectivity index (χ0v) is 19.3. The van der Waals surface area contributed by atoms with Gasteiger partial charge in [-0.2, -0.15) is 0 Å². The standard InChI is InChI=1S/C25H28F2N4O3/c1-3-4-7-28-25(32)17-12-19(16(2)34-18-5-6-20(26)21(27)14-18)24-22(13-17)29-15-23(30-24)31-8-10-33-11-9-31/h5-6,12-16H,3-4,7-11H2,1-2H3,(H,28,32). The number of fused-ring (bicyclic) bond motifs is 1. The molecule has 0 aliphatic carbocycles. The zero-order chi connectivity index (χ0) is 24.1. The molecular weight excluding hydrogens is 442 g/mol. The molecule has 1 aromatic heterocycles. The third-order valence-corrected chi connectivity index (χ3v) is 5.72. The molecule has 1 fully saturated rings. The van der Waals surface area contributed by atoms with Crippen LogP contribution in [0.2, 0.25) is 0 Å². The van der Waals surface area contributed by atoms with Crippen molar-refractivity contribution in [1.29, 1.82) is 0 Å². The van der Waals surface area contributed by atoms with Gasteiger partial charge in [0.1, 0.15) is 17.7 Å². The summed E-state index contributed by atoms with van der Waals surface area (Å²) in [6, 6.07) is 6.82. The van der Waals surface area contributed by atoms with Crippen LogP contribution in [0.3, 0.4) is 0 Å². The molecule has 9 heteroatoms. The average Bonchev–Trinajstić information content (AvgIpc) is 2.85. The molecule has 0 spiro atoms. The molecule has 180 valence electrons. The lowest BCUT2D eigenvalue weighted by atomic mass is 10.0. The van der Waals surface area contributed by atoms with Crippen molar-refractivity contribution in [3.05, 3.63) is 59.3 Å². The number of ether oxygens (including phenoxy) is 2. The lowest BCUT2D eigenvalue weighted by molar-refractivity contribution is 0.0953. The van der Waals surface area contributed by atoms with Gasteiger partial charge < -0.3 is 19.7 Å². The summed E-state index contributed by atoms with van der Waals surface area (Å²) >= 11 is 0. The zero-order valence-electron chi connectivity index (χ0n) is 19.3. The fourth-order valence-corrected chi connectivity index (χ4v) is 3.82. The molecule has 7 nitrogen and oxygen atoms in total. The number of nitrogens with one attached hydrogen (secondary N) is 1. The first kappa shape index (κ1) is 23.8. The molecule has 4 rings (SSSR count). The third kappa shape index (κ3) is 5.41. The van der Waals surface area contributed by atoms with Gasteiger partial charge in [0.05, 0.1) is 30.4 Å². The molecule has 1 amide bonds. The second-order valence-corrected chi connectivity index (χ2v) is 8.21. The smallest absolute Gasteiger partial charge is 0.251 e. The number of aromatic nitrogens is 2. The Kier molecular flexibility index (Phi) is 7.52. The number of amides is 1. The highest BCUT2D eigenvalue weighted by Crippen LogP contribution is 2.30. The summed E-state index contributed by atoms with van der Waals surface area (Å²) in [7, 11) is 0. The van der Waals surface area contributed by atoms with Crippen LogP contribution in [0.1, 0.15) is 48.7 Å². The highest BCUT2D eigenvalue weighted by atomic mass is 19.2. The molecule has 0 bridgehead atoms. The number of carbonyl (C=O) groups is 1. The number of rotatable bonds is 8. The van der Waals surface area contributed by atoms with Crippen LogP contribution in [0.5, 0.6) is 5.75 Å². The van der Waals surface area contributed by atoms with Gasteiger partial charge in [-0.05, 0) is 37.6 Å². The Morgan fingerprint density at radius 3 is 2.74 bits per heavy atom. The minimum absolute atomic E-state index is 0.176. The van der Waals surface area contributed by atoms with Crippen molar-refractivity contribution >= 4 is 22.8 Å². The summed E-state index contributed by atoms with van der Waals surface area (Å²) in [6.07, 6.45) is 2.93.